The number of alkyl halides is 3. The molecular formula is C27H21F3N2O3S2. The van der Waals surface area contributed by atoms with Crippen LogP contribution in [-0.4, -0.2) is 22.7 Å². The van der Waals surface area contributed by atoms with Crippen LogP contribution < -0.4 is 15.0 Å². The number of ether oxygens (including phenoxy) is 1. The van der Waals surface area contributed by atoms with Gasteiger partial charge in [0.2, 0.25) is 0 Å². The number of nitrogens with zero attached hydrogens (tertiary/aromatic N) is 1. The fourth-order valence-electron chi connectivity index (χ4n) is 3.54. The van der Waals surface area contributed by atoms with Crippen molar-refractivity contribution in [2.45, 2.75) is 19.5 Å². The lowest BCUT2D eigenvalue weighted by Gasteiger charge is -2.14. The van der Waals surface area contributed by atoms with Crippen LogP contribution in [-0.2, 0) is 22.2 Å². The molecule has 0 atom stereocenters. The van der Waals surface area contributed by atoms with Gasteiger partial charge in [-0.3, -0.25) is 14.5 Å². The smallest absolute Gasteiger partial charge is 0.416 e. The number of hydrogen-bond acceptors (Lipinski definition) is 5. The van der Waals surface area contributed by atoms with E-state index in [-0.39, 0.29) is 11.6 Å². The third kappa shape index (κ3) is 6.58. The van der Waals surface area contributed by atoms with E-state index < -0.39 is 24.3 Å². The Bertz CT molecular complexity index is 1370. The lowest BCUT2D eigenvalue weighted by molar-refractivity contribution is -0.137. The highest BCUT2D eigenvalue weighted by Crippen LogP contribution is 2.36. The molecule has 3 aromatic rings. The van der Waals surface area contributed by atoms with Crippen LogP contribution >= 0.6 is 24.0 Å². The maximum atomic E-state index is 13.0. The molecule has 10 heteroatoms. The summed E-state index contributed by atoms with van der Waals surface area (Å²) in [7, 11) is 0. The molecule has 0 aliphatic carbocycles. The zero-order chi connectivity index (χ0) is 26.6. The summed E-state index contributed by atoms with van der Waals surface area (Å²) in [6.07, 6.45) is -1.93. The molecule has 1 aliphatic heterocycles. The standard InChI is InChI=1S/C27H21F3N2O3S2/c1-2-17-9-11-21(12-10-17)32-25(34)23(37-26(32)36)14-18-5-3-8-22(13-18)35-16-24(33)31-20-7-4-6-19(15-20)27(28,29)30/h3-15H,2,16H2,1H3,(H,31,33)/b23-14-. The number of benzene rings is 3. The number of halogens is 3. The van der Waals surface area contributed by atoms with Gasteiger partial charge in [-0.25, -0.2) is 0 Å². The van der Waals surface area contributed by atoms with E-state index in [4.69, 9.17) is 17.0 Å². The number of anilines is 2. The van der Waals surface area contributed by atoms with Crippen LogP contribution in [0.5, 0.6) is 5.75 Å². The van der Waals surface area contributed by atoms with Crippen LogP contribution in [0.1, 0.15) is 23.6 Å². The number of carbonyl (C=O) groups excluding carboxylic acids is 2. The van der Waals surface area contributed by atoms with Crippen molar-refractivity contribution in [1.82, 2.24) is 0 Å². The molecule has 4 rings (SSSR count). The summed E-state index contributed by atoms with van der Waals surface area (Å²) >= 11 is 6.62. The van der Waals surface area contributed by atoms with Gasteiger partial charge < -0.3 is 10.1 Å². The van der Waals surface area contributed by atoms with E-state index in [1.54, 1.807) is 30.3 Å². The van der Waals surface area contributed by atoms with Crippen molar-refractivity contribution >= 4 is 57.6 Å². The van der Waals surface area contributed by atoms with Gasteiger partial charge in [0.15, 0.2) is 10.9 Å². The second kappa shape index (κ2) is 11.2. The number of thiocarbonyl (C=S) groups is 1. The molecule has 190 valence electrons. The van der Waals surface area contributed by atoms with Crippen LogP contribution in [0.25, 0.3) is 6.08 Å². The Morgan fingerprint density at radius 1 is 1.08 bits per heavy atom. The molecule has 37 heavy (non-hydrogen) atoms. The summed E-state index contributed by atoms with van der Waals surface area (Å²) in [5.74, 6) is -0.482. The molecule has 0 saturated carbocycles. The highest BCUT2D eigenvalue weighted by molar-refractivity contribution is 8.27. The number of thioether (sulfide) groups is 1. The van der Waals surface area contributed by atoms with Gasteiger partial charge in [-0.2, -0.15) is 13.2 Å². The molecule has 5 nitrogen and oxygen atoms in total. The van der Waals surface area contributed by atoms with Gasteiger partial charge in [-0.15, -0.1) is 0 Å². The average Bonchev–Trinajstić information content (AvgIpc) is 3.15. The zero-order valence-corrected chi connectivity index (χ0v) is 21.2. The molecule has 1 fully saturated rings. The minimum Gasteiger partial charge on any atom is -0.484 e. The molecule has 1 heterocycles. The summed E-state index contributed by atoms with van der Waals surface area (Å²) in [5.41, 5.74) is 1.68. The van der Waals surface area contributed by atoms with Gasteiger partial charge in [0.05, 0.1) is 16.2 Å². The molecule has 1 aliphatic rings. The van der Waals surface area contributed by atoms with Crippen LogP contribution in [0, 0.1) is 0 Å². The van der Waals surface area contributed by atoms with Gasteiger partial charge in [-0.1, -0.05) is 61.2 Å². The minimum atomic E-state index is -4.51. The molecule has 0 bridgehead atoms. The number of carbonyl (C=O) groups is 2. The predicted molar refractivity (Wildman–Crippen MR) is 143 cm³/mol. The minimum absolute atomic E-state index is 0.0172. The summed E-state index contributed by atoms with van der Waals surface area (Å²) in [6.45, 7) is 1.65. The second-order valence-electron chi connectivity index (χ2n) is 8.03. The van der Waals surface area contributed by atoms with E-state index in [2.05, 4.69) is 12.2 Å². The van der Waals surface area contributed by atoms with E-state index in [1.165, 1.54) is 28.8 Å². The summed E-state index contributed by atoms with van der Waals surface area (Å²) in [4.78, 5) is 27.2. The van der Waals surface area contributed by atoms with Crippen molar-refractivity contribution in [3.05, 3.63) is 94.4 Å². The molecule has 0 radical (unpaired) electrons. The zero-order valence-electron chi connectivity index (χ0n) is 19.5. The summed E-state index contributed by atoms with van der Waals surface area (Å²) < 4.78 is 44.5. The number of hydrogen-bond donors (Lipinski definition) is 1. The lowest BCUT2D eigenvalue weighted by Crippen LogP contribution is -2.27. The Kier molecular flexibility index (Phi) is 7.99. The average molecular weight is 543 g/mol. The molecule has 0 aromatic heterocycles. The molecular weight excluding hydrogens is 521 g/mol. The molecule has 2 amide bonds. The predicted octanol–water partition coefficient (Wildman–Crippen LogP) is 6.69. The third-order valence-electron chi connectivity index (χ3n) is 5.40. The molecule has 1 saturated heterocycles. The quantitative estimate of drug-likeness (QED) is 0.266. The first kappa shape index (κ1) is 26.4. The molecule has 3 aromatic carbocycles. The molecule has 0 spiro atoms. The highest BCUT2D eigenvalue weighted by atomic mass is 32.2. The van der Waals surface area contributed by atoms with Crippen molar-refractivity contribution in [3.63, 3.8) is 0 Å². The van der Waals surface area contributed by atoms with E-state index in [0.717, 1.165) is 24.1 Å². The molecule has 1 N–H and O–H groups in total. The van der Waals surface area contributed by atoms with Crippen LogP contribution in [0.4, 0.5) is 24.5 Å². The van der Waals surface area contributed by atoms with Crippen molar-refractivity contribution in [2.24, 2.45) is 0 Å². The third-order valence-corrected chi connectivity index (χ3v) is 6.70. The van der Waals surface area contributed by atoms with E-state index >= 15 is 0 Å². The van der Waals surface area contributed by atoms with Crippen molar-refractivity contribution in [3.8, 4) is 5.75 Å². The number of amides is 2. The Balaban J connectivity index is 1.40. The summed E-state index contributed by atoms with van der Waals surface area (Å²) in [5, 5.41) is 2.39. The maximum Gasteiger partial charge on any atom is 0.416 e. The lowest BCUT2D eigenvalue weighted by atomic mass is 10.1. The Hall–Kier alpha value is -3.63. The van der Waals surface area contributed by atoms with Crippen molar-refractivity contribution in [1.29, 1.82) is 0 Å². The van der Waals surface area contributed by atoms with Gasteiger partial charge in [-0.05, 0) is 66.1 Å². The van der Waals surface area contributed by atoms with Crippen LogP contribution in [0.15, 0.2) is 77.7 Å². The van der Waals surface area contributed by atoms with Crippen molar-refractivity contribution in [2.75, 3.05) is 16.8 Å². The number of rotatable bonds is 7. The fourth-order valence-corrected chi connectivity index (χ4v) is 4.83. The topological polar surface area (TPSA) is 58.6 Å². The van der Waals surface area contributed by atoms with Crippen LogP contribution in [0.2, 0.25) is 0 Å². The van der Waals surface area contributed by atoms with E-state index in [0.29, 0.717) is 26.2 Å². The van der Waals surface area contributed by atoms with Gasteiger partial charge in [0, 0.05) is 5.69 Å². The van der Waals surface area contributed by atoms with Crippen molar-refractivity contribution < 1.29 is 27.5 Å². The maximum absolute atomic E-state index is 13.0. The monoisotopic (exact) mass is 542 g/mol. The van der Waals surface area contributed by atoms with Gasteiger partial charge >= 0.3 is 6.18 Å². The van der Waals surface area contributed by atoms with E-state index in [1.807, 2.05) is 24.3 Å². The normalized spacial score (nSPS) is 14.8. The second-order valence-corrected chi connectivity index (χ2v) is 9.70. The number of aryl methyl sites for hydroxylation is 1. The first-order valence-corrected chi connectivity index (χ1v) is 12.4. The number of nitrogens with one attached hydrogen (secondary N) is 1. The van der Waals surface area contributed by atoms with Gasteiger partial charge in [0.1, 0.15) is 5.75 Å². The Morgan fingerprint density at radius 3 is 2.51 bits per heavy atom. The van der Waals surface area contributed by atoms with Crippen LogP contribution in [0.3, 0.4) is 0 Å². The van der Waals surface area contributed by atoms with Gasteiger partial charge in [0.25, 0.3) is 11.8 Å². The SMILES string of the molecule is CCc1ccc(N2C(=O)/C(=C/c3cccc(OCC(=O)Nc4cccc(C(F)(F)F)c4)c3)SC2=S)cc1. The first-order valence-electron chi connectivity index (χ1n) is 11.2. The van der Waals surface area contributed by atoms with E-state index in [9.17, 15) is 22.8 Å². The molecule has 0 unspecified atom stereocenters. The first-order chi connectivity index (χ1) is 17.6. The largest absolute Gasteiger partial charge is 0.484 e. The fraction of sp³-hybridized carbons (Fsp3) is 0.148. The Morgan fingerprint density at radius 2 is 1.81 bits per heavy atom. The summed E-state index contributed by atoms with van der Waals surface area (Å²) in [6, 6.07) is 18.8. The highest BCUT2D eigenvalue weighted by Gasteiger charge is 2.33. The Labute approximate surface area is 221 Å².